The number of aromatic nitrogens is 1. The molecule has 1 N–H and O–H groups in total. The first-order valence-corrected chi connectivity index (χ1v) is 6.15. The monoisotopic (exact) mass is 272 g/mol. The Morgan fingerprint density at radius 2 is 1.95 bits per heavy atom. The number of carbonyl (C=O) groups excluding carboxylic acids is 1. The number of methoxy groups -OCH3 is 2. The van der Waals surface area contributed by atoms with E-state index < -0.39 is 0 Å². The summed E-state index contributed by atoms with van der Waals surface area (Å²) in [6, 6.07) is 10.7. The Kier molecular flexibility index (Phi) is 4.55. The molecule has 0 fully saturated rings. The van der Waals surface area contributed by atoms with E-state index in [2.05, 4.69) is 10.3 Å². The van der Waals surface area contributed by atoms with Crippen molar-refractivity contribution in [3.8, 4) is 11.6 Å². The molecule has 0 aliphatic rings. The number of amides is 1. The van der Waals surface area contributed by atoms with Crippen molar-refractivity contribution in [2.24, 2.45) is 0 Å². The SMILES string of the molecule is COc1ccccc1C(=O)NCc1cccnc1OC. The van der Waals surface area contributed by atoms with Crippen LogP contribution in [0.5, 0.6) is 11.6 Å². The van der Waals surface area contributed by atoms with Gasteiger partial charge in [-0.3, -0.25) is 4.79 Å². The second kappa shape index (κ2) is 6.56. The fourth-order valence-electron chi connectivity index (χ4n) is 1.85. The van der Waals surface area contributed by atoms with Crippen molar-refractivity contribution in [2.75, 3.05) is 14.2 Å². The van der Waals surface area contributed by atoms with E-state index in [4.69, 9.17) is 9.47 Å². The van der Waals surface area contributed by atoms with E-state index in [1.54, 1.807) is 37.6 Å². The lowest BCUT2D eigenvalue weighted by Crippen LogP contribution is -2.23. The third-order valence-corrected chi connectivity index (χ3v) is 2.83. The van der Waals surface area contributed by atoms with Crippen LogP contribution >= 0.6 is 0 Å². The number of rotatable bonds is 5. The topological polar surface area (TPSA) is 60.5 Å². The van der Waals surface area contributed by atoms with Crippen molar-refractivity contribution >= 4 is 5.91 Å². The van der Waals surface area contributed by atoms with Gasteiger partial charge >= 0.3 is 0 Å². The zero-order valence-corrected chi connectivity index (χ0v) is 11.4. The summed E-state index contributed by atoms with van der Waals surface area (Å²) in [7, 11) is 3.09. The van der Waals surface area contributed by atoms with Gasteiger partial charge < -0.3 is 14.8 Å². The van der Waals surface area contributed by atoms with Gasteiger partial charge in [-0.25, -0.2) is 4.98 Å². The maximum atomic E-state index is 12.1. The van der Waals surface area contributed by atoms with Gasteiger partial charge in [-0.15, -0.1) is 0 Å². The van der Waals surface area contributed by atoms with Gasteiger partial charge in [0, 0.05) is 18.3 Å². The van der Waals surface area contributed by atoms with Crippen molar-refractivity contribution in [2.45, 2.75) is 6.54 Å². The van der Waals surface area contributed by atoms with Crippen LogP contribution in [0.3, 0.4) is 0 Å². The van der Waals surface area contributed by atoms with Gasteiger partial charge in [0.2, 0.25) is 5.88 Å². The minimum absolute atomic E-state index is 0.201. The Morgan fingerprint density at radius 3 is 2.70 bits per heavy atom. The lowest BCUT2D eigenvalue weighted by Gasteiger charge is -2.10. The second-order valence-corrected chi connectivity index (χ2v) is 4.05. The van der Waals surface area contributed by atoms with E-state index in [9.17, 15) is 4.79 Å². The van der Waals surface area contributed by atoms with Crippen LogP contribution in [-0.2, 0) is 6.54 Å². The largest absolute Gasteiger partial charge is 0.496 e. The summed E-state index contributed by atoms with van der Waals surface area (Å²) < 4.78 is 10.3. The molecule has 0 radical (unpaired) electrons. The van der Waals surface area contributed by atoms with Crippen molar-refractivity contribution in [1.82, 2.24) is 10.3 Å². The molecule has 0 bridgehead atoms. The first-order chi connectivity index (χ1) is 9.76. The molecule has 1 aromatic heterocycles. The number of ether oxygens (including phenoxy) is 2. The standard InChI is InChI=1S/C15H16N2O3/c1-19-13-8-4-3-7-12(13)14(18)17-10-11-6-5-9-16-15(11)20-2/h3-9H,10H2,1-2H3,(H,17,18). The molecule has 104 valence electrons. The minimum atomic E-state index is -0.201. The molecule has 1 heterocycles. The minimum Gasteiger partial charge on any atom is -0.496 e. The Hall–Kier alpha value is -2.56. The fourth-order valence-corrected chi connectivity index (χ4v) is 1.85. The first kappa shape index (κ1) is 13.9. The van der Waals surface area contributed by atoms with Gasteiger partial charge in [-0.2, -0.15) is 0 Å². The highest BCUT2D eigenvalue weighted by Crippen LogP contribution is 2.18. The summed E-state index contributed by atoms with van der Waals surface area (Å²) in [4.78, 5) is 16.2. The molecular formula is C15H16N2O3. The van der Waals surface area contributed by atoms with E-state index in [1.165, 1.54) is 7.11 Å². The van der Waals surface area contributed by atoms with Crippen molar-refractivity contribution < 1.29 is 14.3 Å². The van der Waals surface area contributed by atoms with E-state index >= 15 is 0 Å². The number of hydrogen-bond donors (Lipinski definition) is 1. The molecule has 0 unspecified atom stereocenters. The Morgan fingerprint density at radius 1 is 1.15 bits per heavy atom. The maximum Gasteiger partial charge on any atom is 0.255 e. The predicted molar refractivity (Wildman–Crippen MR) is 75.0 cm³/mol. The number of nitrogens with zero attached hydrogens (tertiary/aromatic N) is 1. The summed E-state index contributed by atoms with van der Waals surface area (Å²) in [6.45, 7) is 0.341. The molecule has 0 spiro atoms. The van der Waals surface area contributed by atoms with E-state index in [0.29, 0.717) is 23.7 Å². The van der Waals surface area contributed by atoms with Crippen LogP contribution in [0.25, 0.3) is 0 Å². The molecule has 2 aromatic rings. The zero-order valence-electron chi connectivity index (χ0n) is 11.4. The van der Waals surface area contributed by atoms with E-state index in [-0.39, 0.29) is 5.91 Å². The number of carbonyl (C=O) groups is 1. The van der Waals surface area contributed by atoms with Crippen molar-refractivity contribution in [3.05, 3.63) is 53.7 Å². The lowest BCUT2D eigenvalue weighted by atomic mass is 10.2. The highest BCUT2D eigenvalue weighted by Gasteiger charge is 2.12. The molecule has 0 aliphatic heterocycles. The third-order valence-electron chi connectivity index (χ3n) is 2.83. The van der Waals surface area contributed by atoms with Crippen LogP contribution in [0.15, 0.2) is 42.6 Å². The molecule has 2 rings (SSSR count). The van der Waals surface area contributed by atoms with E-state index in [0.717, 1.165) is 5.56 Å². The van der Waals surface area contributed by atoms with Crippen molar-refractivity contribution in [1.29, 1.82) is 0 Å². The Balaban J connectivity index is 2.09. The van der Waals surface area contributed by atoms with Crippen LogP contribution in [0.4, 0.5) is 0 Å². The molecule has 1 amide bonds. The average Bonchev–Trinajstić information content (AvgIpc) is 2.52. The first-order valence-electron chi connectivity index (χ1n) is 6.15. The Bertz CT molecular complexity index is 599. The summed E-state index contributed by atoms with van der Waals surface area (Å²) in [5.41, 5.74) is 1.32. The number of nitrogens with one attached hydrogen (secondary N) is 1. The molecule has 0 saturated carbocycles. The molecule has 5 heteroatoms. The van der Waals surface area contributed by atoms with Crippen LogP contribution in [-0.4, -0.2) is 25.1 Å². The molecule has 20 heavy (non-hydrogen) atoms. The van der Waals surface area contributed by atoms with Crippen LogP contribution in [0.1, 0.15) is 15.9 Å². The van der Waals surface area contributed by atoms with Gasteiger partial charge in [0.15, 0.2) is 0 Å². The van der Waals surface area contributed by atoms with Crippen LogP contribution in [0.2, 0.25) is 0 Å². The average molecular weight is 272 g/mol. The zero-order chi connectivity index (χ0) is 14.4. The summed E-state index contributed by atoms with van der Waals surface area (Å²) in [5.74, 6) is 0.851. The summed E-state index contributed by atoms with van der Waals surface area (Å²) in [6.07, 6.45) is 1.64. The van der Waals surface area contributed by atoms with Crippen LogP contribution in [0, 0.1) is 0 Å². The van der Waals surface area contributed by atoms with Gasteiger partial charge in [-0.1, -0.05) is 18.2 Å². The van der Waals surface area contributed by atoms with Gasteiger partial charge in [0.05, 0.1) is 19.8 Å². The quantitative estimate of drug-likeness (QED) is 0.904. The Labute approximate surface area is 117 Å². The molecule has 0 saturated heterocycles. The molecular weight excluding hydrogens is 256 g/mol. The molecule has 1 aromatic carbocycles. The molecule has 0 atom stereocenters. The highest BCUT2D eigenvalue weighted by atomic mass is 16.5. The number of benzene rings is 1. The smallest absolute Gasteiger partial charge is 0.255 e. The fraction of sp³-hybridized carbons (Fsp3) is 0.200. The normalized spacial score (nSPS) is 9.90. The third kappa shape index (κ3) is 3.06. The molecule has 0 aliphatic carbocycles. The van der Waals surface area contributed by atoms with Gasteiger partial charge in [0.1, 0.15) is 5.75 Å². The summed E-state index contributed by atoms with van der Waals surface area (Å²) >= 11 is 0. The highest BCUT2D eigenvalue weighted by molar-refractivity contribution is 5.96. The summed E-state index contributed by atoms with van der Waals surface area (Å²) in [5, 5.41) is 2.83. The van der Waals surface area contributed by atoms with Crippen molar-refractivity contribution in [3.63, 3.8) is 0 Å². The lowest BCUT2D eigenvalue weighted by molar-refractivity contribution is 0.0947. The number of para-hydroxylation sites is 1. The predicted octanol–water partition coefficient (Wildman–Crippen LogP) is 2.03. The number of pyridine rings is 1. The maximum absolute atomic E-state index is 12.1. The van der Waals surface area contributed by atoms with Crippen LogP contribution < -0.4 is 14.8 Å². The molecule has 5 nitrogen and oxygen atoms in total. The van der Waals surface area contributed by atoms with Gasteiger partial charge in [0.25, 0.3) is 5.91 Å². The number of hydrogen-bond acceptors (Lipinski definition) is 4. The van der Waals surface area contributed by atoms with Gasteiger partial charge in [-0.05, 0) is 18.2 Å². The van der Waals surface area contributed by atoms with E-state index in [1.807, 2.05) is 12.1 Å². The second-order valence-electron chi connectivity index (χ2n) is 4.05.